The largest absolute Gasteiger partial charge is 0.515 e. The van der Waals surface area contributed by atoms with Crippen LogP contribution in [0.15, 0.2) is 12.3 Å². The summed E-state index contributed by atoms with van der Waals surface area (Å²) < 4.78 is 11.8. The van der Waals surface area contributed by atoms with Crippen LogP contribution in [0.5, 0.6) is 0 Å². The van der Waals surface area contributed by atoms with Crippen LogP contribution >= 0.6 is 0 Å². The van der Waals surface area contributed by atoms with E-state index in [0.29, 0.717) is 16.7 Å². The molecular formula is C14H17BN2O3. The first-order valence-electron chi connectivity index (χ1n) is 6.44. The molecule has 0 bridgehead atoms. The van der Waals surface area contributed by atoms with Gasteiger partial charge in [-0.1, -0.05) is 0 Å². The topological polar surface area (TPSA) is 72.2 Å². The van der Waals surface area contributed by atoms with Crippen molar-refractivity contribution >= 4 is 18.5 Å². The summed E-state index contributed by atoms with van der Waals surface area (Å²) in [6, 6.07) is 3.50. The molecule has 20 heavy (non-hydrogen) atoms. The number of Topliss-reactive ketones (excluding diaryl/α,β-unsaturated/α-hetero) is 1. The van der Waals surface area contributed by atoms with Gasteiger partial charge in [-0.25, -0.2) is 0 Å². The fourth-order valence-electron chi connectivity index (χ4n) is 1.96. The zero-order valence-corrected chi connectivity index (χ0v) is 12.4. The fourth-order valence-corrected chi connectivity index (χ4v) is 1.96. The number of rotatable bonds is 2. The lowest BCUT2D eigenvalue weighted by molar-refractivity contribution is 0.00578. The Morgan fingerprint density at radius 1 is 1.30 bits per heavy atom. The maximum absolute atomic E-state index is 11.8. The summed E-state index contributed by atoms with van der Waals surface area (Å²) in [7, 11) is -0.702. The number of nitriles is 1. The van der Waals surface area contributed by atoms with E-state index in [1.165, 1.54) is 19.2 Å². The lowest BCUT2D eigenvalue weighted by atomic mass is 9.79. The van der Waals surface area contributed by atoms with Crippen molar-refractivity contribution in [1.82, 2.24) is 4.98 Å². The van der Waals surface area contributed by atoms with Gasteiger partial charge in [-0.15, -0.1) is 0 Å². The quantitative estimate of drug-likeness (QED) is 0.602. The van der Waals surface area contributed by atoms with Gasteiger partial charge in [0.25, 0.3) is 0 Å². The SMILES string of the molecule is CC(=O)c1cc(C#N)cnc1B1OC(C)(C)C(C)(C)O1. The number of hydrogen-bond donors (Lipinski definition) is 0. The van der Waals surface area contributed by atoms with Gasteiger partial charge in [0.1, 0.15) is 6.07 Å². The van der Waals surface area contributed by atoms with Gasteiger partial charge in [0.2, 0.25) is 0 Å². The van der Waals surface area contributed by atoms with Crippen molar-refractivity contribution in [2.24, 2.45) is 0 Å². The normalized spacial score (nSPS) is 19.7. The molecule has 0 spiro atoms. The number of nitrogens with zero attached hydrogens (tertiary/aromatic N) is 2. The molecule has 1 aromatic rings. The van der Waals surface area contributed by atoms with Crippen LogP contribution in [0, 0.1) is 11.3 Å². The average molecular weight is 272 g/mol. The summed E-state index contributed by atoms with van der Waals surface area (Å²) in [4.78, 5) is 15.9. The zero-order chi connectivity index (χ0) is 15.1. The zero-order valence-electron chi connectivity index (χ0n) is 12.4. The first-order valence-corrected chi connectivity index (χ1v) is 6.44. The molecule has 1 fully saturated rings. The van der Waals surface area contributed by atoms with E-state index in [9.17, 15) is 4.79 Å². The van der Waals surface area contributed by atoms with Gasteiger partial charge in [0.15, 0.2) is 5.78 Å². The highest BCUT2D eigenvalue weighted by molar-refractivity contribution is 6.62. The minimum Gasteiger partial charge on any atom is -0.398 e. The van der Waals surface area contributed by atoms with Crippen molar-refractivity contribution in [2.45, 2.75) is 45.8 Å². The van der Waals surface area contributed by atoms with Crippen LogP contribution in [0.3, 0.4) is 0 Å². The molecule has 0 amide bonds. The molecular weight excluding hydrogens is 255 g/mol. The second-order valence-electron chi connectivity index (χ2n) is 5.91. The second-order valence-corrected chi connectivity index (χ2v) is 5.91. The molecule has 0 unspecified atom stereocenters. The van der Waals surface area contributed by atoms with Gasteiger partial charge in [-0.05, 0) is 40.7 Å². The summed E-state index contributed by atoms with van der Waals surface area (Å²) in [5.74, 6) is -0.167. The predicted octanol–water partition coefficient (Wildman–Crippen LogP) is 1.46. The highest BCUT2D eigenvalue weighted by Gasteiger charge is 2.53. The molecule has 5 nitrogen and oxygen atoms in total. The van der Waals surface area contributed by atoms with Crippen molar-refractivity contribution in [3.05, 3.63) is 23.4 Å². The summed E-state index contributed by atoms with van der Waals surface area (Å²) in [6.45, 7) is 9.18. The van der Waals surface area contributed by atoms with Crippen molar-refractivity contribution in [2.75, 3.05) is 0 Å². The molecule has 2 heterocycles. The van der Waals surface area contributed by atoms with E-state index in [4.69, 9.17) is 14.6 Å². The van der Waals surface area contributed by atoms with E-state index in [0.717, 1.165) is 0 Å². The third kappa shape index (κ3) is 2.35. The van der Waals surface area contributed by atoms with Crippen molar-refractivity contribution in [3.8, 4) is 6.07 Å². The summed E-state index contributed by atoms with van der Waals surface area (Å²) in [5.41, 5.74) is 0.135. The summed E-state index contributed by atoms with van der Waals surface area (Å²) >= 11 is 0. The standard InChI is InChI=1S/C14H17BN2O3/c1-9(18)11-6-10(7-16)8-17-12(11)15-19-13(2,3)14(4,5)20-15/h6,8H,1-5H3. The van der Waals surface area contributed by atoms with E-state index in [-0.39, 0.29) is 5.78 Å². The Balaban J connectivity index is 2.45. The molecule has 1 aromatic heterocycles. The van der Waals surface area contributed by atoms with Crippen molar-refractivity contribution in [1.29, 1.82) is 5.26 Å². The molecule has 1 saturated heterocycles. The van der Waals surface area contributed by atoms with Crippen LogP contribution in [-0.2, 0) is 9.31 Å². The van der Waals surface area contributed by atoms with Gasteiger partial charge < -0.3 is 9.31 Å². The molecule has 0 atom stereocenters. The average Bonchev–Trinajstić information content (AvgIpc) is 2.57. The third-order valence-corrected chi connectivity index (χ3v) is 3.90. The smallest absolute Gasteiger partial charge is 0.398 e. The number of ketones is 1. The molecule has 0 radical (unpaired) electrons. The fraction of sp³-hybridized carbons (Fsp3) is 0.500. The molecule has 0 aromatic carbocycles. The van der Waals surface area contributed by atoms with Crippen LogP contribution < -0.4 is 5.59 Å². The van der Waals surface area contributed by atoms with Crippen molar-refractivity contribution < 1.29 is 14.1 Å². The Hall–Kier alpha value is -1.71. The molecule has 1 aliphatic rings. The second kappa shape index (κ2) is 4.69. The molecule has 2 rings (SSSR count). The van der Waals surface area contributed by atoms with Crippen LogP contribution in [0.1, 0.15) is 50.5 Å². The Kier molecular flexibility index (Phi) is 3.45. The van der Waals surface area contributed by atoms with Gasteiger partial charge in [0.05, 0.1) is 22.4 Å². The van der Waals surface area contributed by atoms with Crippen LogP contribution in [0.25, 0.3) is 0 Å². The Bertz CT molecular complexity index is 589. The minimum absolute atomic E-state index is 0.167. The van der Waals surface area contributed by atoms with E-state index in [2.05, 4.69) is 4.98 Å². The van der Waals surface area contributed by atoms with E-state index < -0.39 is 18.3 Å². The Labute approximate surface area is 119 Å². The van der Waals surface area contributed by atoms with Gasteiger partial charge in [-0.3, -0.25) is 9.78 Å². The Morgan fingerprint density at radius 2 is 1.85 bits per heavy atom. The van der Waals surface area contributed by atoms with Crippen molar-refractivity contribution in [3.63, 3.8) is 0 Å². The lowest BCUT2D eigenvalue weighted by Gasteiger charge is -2.32. The lowest BCUT2D eigenvalue weighted by Crippen LogP contribution is -2.41. The Morgan fingerprint density at radius 3 is 2.30 bits per heavy atom. The highest BCUT2D eigenvalue weighted by atomic mass is 16.7. The number of carbonyl (C=O) groups excluding carboxylic acids is 1. The first-order chi connectivity index (χ1) is 9.18. The number of pyridine rings is 1. The number of hydrogen-bond acceptors (Lipinski definition) is 5. The predicted molar refractivity (Wildman–Crippen MR) is 74.7 cm³/mol. The molecule has 0 aliphatic carbocycles. The van der Waals surface area contributed by atoms with Gasteiger partial charge in [0, 0.05) is 11.8 Å². The molecule has 1 aliphatic heterocycles. The summed E-state index contributed by atoms with van der Waals surface area (Å²) in [5, 5.41) is 8.90. The monoisotopic (exact) mass is 272 g/mol. The molecule has 104 valence electrons. The van der Waals surface area contributed by atoms with E-state index in [1.807, 2.05) is 33.8 Å². The minimum atomic E-state index is -0.702. The maximum atomic E-state index is 11.8. The highest BCUT2D eigenvalue weighted by Crippen LogP contribution is 2.36. The maximum Gasteiger partial charge on any atom is 0.515 e. The summed E-state index contributed by atoms with van der Waals surface area (Å²) in [6.07, 6.45) is 1.42. The number of aromatic nitrogens is 1. The molecule has 0 saturated carbocycles. The third-order valence-electron chi connectivity index (χ3n) is 3.90. The number of carbonyl (C=O) groups is 1. The van der Waals surface area contributed by atoms with Gasteiger partial charge in [-0.2, -0.15) is 5.26 Å². The first kappa shape index (κ1) is 14.7. The van der Waals surface area contributed by atoms with E-state index >= 15 is 0 Å². The van der Waals surface area contributed by atoms with Crippen LogP contribution in [0.2, 0.25) is 0 Å². The molecule has 0 N–H and O–H groups in total. The van der Waals surface area contributed by atoms with Crippen LogP contribution in [0.4, 0.5) is 0 Å². The molecule has 6 heteroatoms. The van der Waals surface area contributed by atoms with Crippen LogP contribution in [-0.4, -0.2) is 29.1 Å². The van der Waals surface area contributed by atoms with E-state index in [1.54, 1.807) is 0 Å². The van der Waals surface area contributed by atoms with Gasteiger partial charge >= 0.3 is 7.12 Å².